The predicted octanol–water partition coefficient (Wildman–Crippen LogP) is 3.02. The van der Waals surface area contributed by atoms with Gasteiger partial charge < -0.3 is 10.5 Å². The van der Waals surface area contributed by atoms with Crippen LogP contribution in [0.25, 0.3) is 0 Å². The molecule has 0 saturated carbocycles. The second-order valence-corrected chi connectivity index (χ2v) is 5.28. The Morgan fingerprint density at radius 3 is 2.89 bits per heavy atom. The molecule has 0 fully saturated rings. The van der Waals surface area contributed by atoms with Gasteiger partial charge in [-0.25, -0.2) is 9.18 Å². The van der Waals surface area contributed by atoms with Crippen molar-refractivity contribution >= 4 is 23.4 Å². The van der Waals surface area contributed by atoms with Crippen LogP contribution in [0.3, 0.4) is 0 Å². The monoisotopic (exact) mass is 271 g/mol. The predicted molar refractivity (Wildman–Crippen MR) is 73.4 cm³/mol. The van der Waals surface area contributed by atoms with Gasteiger partial charge in [-0.05, 0) is 42.5 Å². The SMILES string of the molecule is CCSCCCOC(=O)c1cc(N)cc(C)c1F. The highest BCUT2D eigenvalue weighted by Gasteiger charge is 2.15. The summed E-state index contributed by atoms with van der Waals surface area (Å²) < 4.78 is 18.7. The molecule has 0 spiro atoms. The lowest BCUT2D eigenvalue weighted by Crippen LogP contribution is -2.10. The van der Waals surface area contributed by atoms with E-state index in [1.807, 2.05) is 0 Å². The third-order valence-electron chi connectivity index (χ3n) is 2.37. The van der Waals surface area contributed by atoms with Gasteiger partial charge in [-0.2, -0.15) is 11.8 Å². The number of rotatable bonds is 6. The Morgan fingerprint density at radius 1 is 1.50 bits per heavy atom. The van der Waals surface area contributed by atoms with Gasteiger partial charge in [-0.15, -0.1) is 0 Å². The number of anilines is 1. The van der Waals surface area contributed by atoms with E-state index in [-0.39, 0.29) is 5.56 Å². The molecule has 0 saturated heterocycles. The van der Waals surface area contributed by atoms with E-state index >= 15 is 0 Å². The molecular formula is C13H18FNO2S. The maximum atomic E-state index is 13.7. The molecule has 0 aliphatic carbocycles. The number of carbonyl (C=O) groups is 1. The summed E-state index contributed by atoms with van der Waals surface area (Å²) in [5, 5.41) is 0. The zero-order chi connectivity index (χ0) is 13.5. The van der Waals surface area contributed by atoms with Crippen LogP contribution in [-0.4, -0.2) is 24.1 Å². The Bertz CT molecular complexity index is 424. The summed E-state index contributed by atoms with van der Waals surface area (Å²) in [6, 6.07) is 2.80. The zero-order valence-corrected chi connectivity index (χ0v) is 11.5. The van der Waals surface area contributed by atoms with Crippen molar-refractivity contribution in [3.63, 3.8) is 0 Å². The maximum Gasteiger partial charge on any atom is 0.341 e. The fraction of sp³-hybridized carbons (Fsp3) is 0.462. The lowest BCUT2D eigenvalue weighted by molar-refractivity contribution is 0.0501. The van der Waals surface area contributed by atoms with Crippen LogP contribution in [0.2, 0.25) is 0 Å². The Balaban J connectivity index is 2.56. The molecule has 100 valence electrons. The molecule has 0 radical (unpaired) electrons. The van der Waals surface area contributed by atoms with Gasteiger partial charge in [0.1, 0.15) is 5.82 Å². The third kappa shape index (κ3) is 4.22. The van der Waals surface area contributed by atoms with Crippen molar-refractivity contribution in [1.82, 2.24) is 0 Å². The molecule has 5 heteroatoms. The lowest BCUT2D eigenvalue weighted by Gasteiger charge is -2.08. The van der Waals surface area contributed by atoms with E-state index in [0.29, 0.717) is 17.9 Å². The summed E-state index contributed by atoms with van der Waals surface area (Å²) in [5.41, 5.74) is 6.21. The molecule has 1 rings (SSSR count). The molecule has 3 nitrogen and oxygen atoms in total. The number of thioether (sulfide) groups is 1. The van der Waals surface area contributed by atoms with Gasteiger partial charge in [-0.1, -0.05) is 6.92 Å². The largest absolute Gasteiger partial charge is 0.462 e. The van der Waals surface area contributed by atoms with Crippen LogP contribution >= 0.6 is 11.8 Å². The molecule has 18 heavy (non-hydrogen) atoms. The number of carbonyl (C=O) groups excluding carboxylic acids is 1. The molecular weight excluding hydrogens is 253 g/mol. The van der Waals surface area contributed by atoms with Gasteiger partial charge in [0, 0.05) is 5.69 Å². The topological polar surface area (TPSA) is 52.3 Å². The van der Waals surface area contributed by atoms with E-state index in [4.69, 9.17) is 10.5 Å². The molecule has 1 aromatic rings. The van der Waals surface area contributed by atoms with Crippen LogP contribution in [0.1, 0.15) is 29.3 Å². The number of hydrogen-bond donors (Lipinski definition) is 1. The number of ether oxygens (including phenoxy) is 1. The van der Waals surface area contributed by atoms with Crippen LogP contribution in [0.4, 0.5) is 10.1 Å². The number of esters is 1. The molecule has 0 heterocycles. The van der Waals surface area contributed by atoms with Gasteiger partial charge >= 0.3 is 5.97 Å². The third-order valence-corrected chi connectivity index (χ3v) is 3.35. The number of aryl methyl sites for hydroxylation is 1. The molecule has 0 aromatic heterocycles. The molecule has 0 bridgehead atoms. The average Bonchev–Trinajstić information content (AvgIpc) is 2.33. The molecule has 1 aromatic carbocycles. The Hall–Kier alpha value is -1.23. The second kappa shape index (κ2) is 7.26. The number of benzene rings is 1. The van der Waals surface area contributed by atoms with Crippen molar-refractivity contribution in [2.75, 3.05) is 23.8 Å². The van der Waals surface area contributed by atoms with E-state index in [0.717, 1.165) is 17.9 Å². The van der Waals surface area contributed by atoms with Crippen molar-refractivity contribution in [3.8, 4) is 0 Å². The first-order valence-corrected chi connectivity index (χ1v) is 7.02. The Morgan fingerprint density at radius 2 is 2.22 bits per heavy atom. The van der Waals surface area contributed by atoms with Crippen molar-refractivity contribution in [3.05, 3.63) is 29.1 Å². The Labute approximate surface area is 111 Å². The molecule has 0 aliphatic rings. The minimum atomic E-state index is -0.649. The zero-order valence-electron chi connectivity index (χ0n) is 10.7. The van der Waals surface area contributed by atoms with E-state index in [2.05, 4.69) is 6.92 Å². The molecule has 0 amide bonds. The standard InChI is InChI=1S/C13H18FNO2S/c1-3-18-6-4-5-17-13(16)11-8-10(15)7-9(2)12(11)14/h7-8H,3-6,15H2,1-2H3. The summed E-state index contributed by atoms with van der Waals surface area (Å²) in [4.78, 5) is 11.7. The molecule has 2 N–H and O–H groups in total. The minimum absolute atomic E-state index is 0.0874. The minimum Gasteiger partial charge on any atom is -0.462 e. The highest BCUT2D eigenvalue weighted by molar-refractivity contribution is 7.99. The number of nitrogen functional groups attached to an aromatic ring is 1. The van der Waals surface area contributed by atoms with E-state index in [9.17, 15) is 9.18 Å². The normalized spacial score (nSPS) is 10.4. The second-order valence-electron chi connectivity index (χ2n) is 3.89. The van der Waals surface area contributed by atoms with E-state index < -0.39 is 11.8 Å². The highest BCUT2D eigenvalue weighted by atomic mass is 32.2. The van der Waals surface area contributed by atoms with Crippen LogP contribution in [0, 0.1) is 12.7 Å². The number of hydrogen-bond acceptors (Lipinski definition) is 4. The fourth-order valence-corrected chi connectivity index (χ4v) is 2.10. The van der Waals surface area contributed by atoms with Crippen molar-refractivity contribution < 1.29 is 13.9 Å². The first-order valence-electron chi connectivity index (χ1n) is 5.86. The van der Waals surface area contributed by atoms with Crippen LogP contribution in [-0.2, 0) is 4.74 Å². The summed E-state index contributed by atoms with van der Waals surface area (Å²) >= 11 is 1.78. The lowest BCUT2D eigenvalue weighted by atomic mass is 10.1. The molecule has 0 aliphatic heterocycles. The van der Waals surface area contributed by atoms with Crippen LogP contribution < -0.4 is 5.73 Å². The van der Waals surface area contributed by atoms with Crippen molar-refractivity contribution in [1.29, 1.82) is 0 Å². The summed E-state index contributed by atoms with van der Waals surface area (Å²) in [7, 11) is 0. The average molecular weight is 271 g/mol. The van der Waals surface area contributed by atoms with E-state index in [1.165, 1.54) is 12.1 Å². The summed E-state index contributed by atoms with van der Waals surface area (Å²) in [6.45, 7) is 3.95. The van der Waals surface area contributed by atoms with Crippen LogP contribution in [0.5, 0.6) is 0 Å². The van der Waals surface area contributed by atoms with Crippen molar-refractivity contribution in [2.45, 2.75) is 20.3 Å². The highest BCUT2D eigenvalue weighted by Crippen LogP contribution is 2.18. The van der Waals surface area contributed by atoms with Gasteiger partial charge in [0.05, 0.1) is 12.2 Å². The quantitative estimate of drug-likeness (QED) is 0.491. The number of nitrogens with two attached hydrogens (primary N) is 1. The summed E-state index contributed by atoms with van der Waals surface area (Å²) in [6.07, 6.45) is 0.771. The summed E-state index contributed by atoms with van der Waals surface area (Å²) in [5.74, 6) is 0.765. The van der Waals surface area contributed by atoms with Gasteiger partial charge in [0.25, 0.3) is 0 Å². The fourth-order valence-electron chi connectivity index (χ4n) is 1.49. The maximum absolute atomic E-state index is 13.7. The molecule has 0 unspecified atom stereocenters. The van der Waals surface area contributed by atoms with Gasteiger partial charge in [0.15, 0.2) is 0 Å². The van der Waals surface area contributed by atoms with Gasteiger partial charge in [-0.3, -0.25) is 0 Å². The first kappa shape index (κ1) is 14.8. The number of halogens is 1. The molecule has 0 atom stereocenters. The first-order chi connectivity index (χ1) is 8.56. The van der Waals surface area contributed by atoms with Gasteiger partial charge in [0.2, 0.25) is 0 Å². The Kier molecular flexibility index (Phi) is 5.98. The van der Waals surface area contributed by atoms with Crippen molar-refractivity contribution in [2.24, 2.45) is 0 Å². The smallest absolute Gasteiger partial charge is 0.341 e. The van der Waals surface area contributed by atoms with Crippen LogP contribution in [0.15, 0.2) is 12.1 Å². The van der Waals surface area contributed by atoms with E-state index in [1.54, 1.807) is 18.7 Å².